The molecule has 1 aliphatic heterocycles. The number of carbonyl (C=O) groups is 1. The van der Waals surface area contributed by atoms with Crippen molar-refractivity contribution in [1.82, 2.24) is 15.5 Å². The molecule has 1 saturated heterocycles. The molecule has 0 spiro atoms. The normalized spacial score (nSPS) is 14.8. The molecule has 3 rings (SSSR count). The largest absolute Gasteiger partial charge is 0.374 e. The maximum absolute atomic E-state index is 11.8. The van der Waals surface area contributed by atoms with Gasteiger partial charge in [0.1, 0.15) is 0 Å². The van der Waals surface area contributed by atoms with Crippen LogP contribution < -0.4 is 10.6 Å². The summed E-state index contributed by atoms with van der Waals surface area (Å²) in [6, 6.07) is 18.7. The average molecular weight is 550 g/mol. The van der Waals surface area contributed by atoms with E-state index in [1.807, 2.05) is 23.1 Å². The fraction of sp³-hybridized carbons (Fsp3) is 0.440. The lowest BCUT2D eigenvalue weighted by Gasteiger charge is -2.16. The van der Waals surface area contributed by atoms with Crippen LogP contribution in [-0.4, -0.2) is 43.5 Å². The van der Waals surface area contributed by atoms with Crippen molar-refractivity contribution in [1.29, 1.82) is 0 Å². The summed E-state index contributed by atoms with van der Waals surface area (Å²) in [7, 11) is 1.78. The molecule has 2 N–H and O–H groups in total. The zero-order valence-electron chi connectivity index (χ0n) is 19.0. The van der Waals surface area contributed by atoms with Gasteiger partial charge in [0.05, 0.1) is 6.10 Å². The quantitative estimate of drug-likeness (QED) is 0.201. The first-order chi connectivity index (χ1) is 15.2. The van der Waals surface area contributed by atoms with Gasteiger partial charge in [0.2, 0.25) is 5.91 Å². The van der Waals surface area contributed by atoms with Gasteiger partial charge in [-0.3, -0.25) is 9.79 Å². The van der Waals surface area contributed by atoms with E-state index < -0.39 is 0 Å². The molecule has 174 valence electrons. The third-order valence-electron chi connectivity index (χ3n) is 5.50. The highest BCUT2D eigenvalue weighted by Crippen LogP contribution is 2.16. The summed E-state index contributed by atoms with van der Waals surface area (Å²) in [6.45, 7) is 5.85. The molecule has 0 aromatic heterocycles. The molecule has 2 aromatic carbocycles. The molecule has 7 heteroatoms. The summed E-state index contributed by atoms with van der Waals surface area (Å²) in [4.78, 5) is 18.0. The van der Waals surface area contributed by atoms with E-state index in [9.17, 15) is 4.79 Å². The van der Waals surface area contributed by atoms with Crippen molar-refractivity contribution >= 4 is 35.8 Å². The SMILES string of the molecule is CN=C(NCCCOC(C)c1ccccc1)NCc1ccc(CN2CCCC2=O)cc1.I. The molecule has 0 saturated carbocycles. The van der Waals surface area contributed by atoms with Crippen molar-refractivity contribution in [3.8, 4) is 0 Å². The van der Waals surface area contributed by atoms with Gasteiger partial charge in [0.25, 0.3) is 0 Å². The second-order valence-corrected chi connectivity index (χ2v) is 7.87. The summed E-state index contributed by atoms with van der Waals surface area (Å²) < 4.78 is 5.91. The Kier molecular flexibility index (Phi) is 11.5. The van der Waals surface area contributed by atoms with Gasteiger partial charge in [-0.15, -0.1) is 24.0 Å². The molecule has 1 heterocycles. The van der Waals surface area contributed by atoms with E-state index in [0.29, 0.717) is 26.1 Å². The van der Waals surface area contributed by atoms with Crippen LogP contribution in [0, 0.1) is 0 Å². The number of nitrogens with one attached hydrogen (secondary N) is 2. The Bertz CT molecular complexity index is 843. The van der Waals surface area contributed by atoms with Crippen molar-refractivity contribution in [2.45, 2.75) is 45.4 Å². The maximum Gasteiger partial charge on any atom is 0.222 e. The van der Waals surface area contributed by atoms with Crippen LogP contribution in [0.15, 0.2) is 59.6 Å². The molecule has 32 heavy (non-hydrogen) atoms. The minimum absolute atomic E-state index is 0. The molecule has 1 atom stereocenters. The number of guanidine groups is 1. The van der Waals surface area contributed by atoms with E-state index >= 15 is 0 Å². The molecule has 1 aliphatic rings. The van der Waals surface area contributed by atoms with E-state index in [1.165, 1.54) is 16.7 Å². The lowest BCUT2D eigenvalue weighted by molar-refractivity contribution is -0.128. The van der Waals surface area contributed by atoms with Gasteiger partial charge in [-0.05, 0) is 36.5 Å². The number of benzene rings is 2. The molecule has 1 fully saturated rings. The van der Waals surface area contributed by atoms with Gasteiger partial charge in [0.15, 0.2) is 5.96 Å². The standard InChI is InChI=1S/C25H34N4O2.HI/c1-20(23-8-4-3-5-9-23)31-17-7-15-27-25(26-2)28-18-21-11-13-22(14-12-21)19-29-16-6-10-24(29)30;/h3-5,8-9,11-14,20H,6-7,10,15-19H2,1-2H3,(H2,26,27,28);1H. The number of halogens is 1. The summed E-state index contributed by atoms with van der Waals surface area (Å²) in [5, 5.41) is 6.68. The second-order valence-electron chi connectivity index (χ2n) is 7.87. The fourth-order valence-corrected chi connectivity index (χ4v) is 3.62. The summed E-state index contributed by atoms with van der Waals surface area (Å²) >= 11 is 0. The number of ether oxygens (including phenoxy) is 1. The number of rotatable bonds is 10. The Hall–Kier alpha value is -2.13. The predicted octanol–water partition coefficient (Wildman–Crippen LogP) is 4.26. The summed E-state index contributed by atoms with van der Waals surface area (Å²) in [5.74, 6) is 1.04. The van der Waals surface area contributed by atoms with Crippen molar-refractivity contribution in [2.24, 2.45) is 4.99 Å². The zero-order valence-corrected chi connectivity index (χ0v) is 21.4. The number of nitrogens with zero attached hydrogens (tertiary/aromatic N) is 2. The van der Waals surface area contributed by atoms with E-state index in [2.05, 4.69) is 58.9 Å². The Labute approximate surface area is 208 Å². The fourth-order valence-electron chi connectivity index (χ4n) is 3.62. The van der Waals surface area contributed by atoms with Gasteiger partial charge in [-0.25, -0.2) is 0 Å². The second kappa shape index (κ2) is 14.1. The Morgan fingerprint density at radius 1 is 1.09 bits per heavy atom. The van der Waals surface area contributed by atoms with Gasteiger partial charge in [-0.1, -0.05) is 54.6 Å². The monoisotopic (exact) mass is 550 g/mol. The highest BCUT2D eigenvalue weighted by atomic mass is 127. The van der Waals surface area contributed by atoms with Crippen molar-refractivity contribution in [2.75, 3.05) is 26.7 Å². The van der Waals surface area contributed by atoms with Gasteiger partial charge in [0, 0.05) is 46.3 Å². The van der Waals surface area contributed by atoms with Gasteiger partial charge < -0.3 is 20.3 Å². The Balaban J connectivity index is 0.00000363. The highest BCUT2D eigenvalue weighted by Gasteiger charge is 2.19. The topological polar surface area (TPSA) is 66.0 Å². The average Bonchev–Trinajstić information content (AvgIpc) is 3.21. The van der Waals surface area contributed by atoms with E-state index in [-0.39, 0.29) is 36.0 Å². The third kappa shape index (κ3) is 8.43. The van der Waals surface area contributed by atoms with Crippen LogP contribution >= 0.6 is 24.0 Å². The molecule has 1 amide bonds. The number of amides is 1. The smallest absolute Gasteiger partial charge is 0.222 e. The minimum atomic E-state index is 0. The number of carbonyl (C=O) groups excluding carboxylic acids is 1. The van der Waals surface area contributed by atoms with E-state index in [4.69, 9.17) is 4.74 Å². The van der Waals surface area contributed by atoms with Crippen molar-refractivity contribution in [3.63, 3.8) is 0 Å². The lowest BCUT2D eigenvalue weighted by atomic mass is 10.1. The molecule has 0 radical (unpaired) electrons. The molecular weight excluding hydrogens is 515 g/mol. The van der Waals surface area contributed by atoms with Crippen molar-refractivity contribution in [3.05, 3.63) is 71.3 Å². The molecule has 2 aromatic rings. The minimum Gasteiger partial charge on any atom is -0.374 e. The summed E-state index contributed by atoms with van der Waals surface area (Å²) in [5.41, 5.74) is 3.55. The van der Waals surface area contributed by atoms with Crippen LogP contribution in [-0.2, 0) is 22.6 Å². The Morgan fingerprint density at radius 3 is 2.47 bits per heavy atom. The lowest BCUT2D eigenvalue weighted by Crippen LogP contribution is -2.37. The molecule has 0 aliphatic carbocycles. The maximum atomic E-state index is 11.8. The first-order valence-electron chi connectivity index (χ1n) is 11.1. The number of aliphatic imine (C=N–C) groups is 1. The first kappa shape index (κ1) is 26.1. The van der Waals surface area contributed by atoms with E-state index in [1.54, 1.807) is 7.05 Å². The zero-order chi connectivity index (χ0) is 21.9. The van der Waals surface area contributed by atoms with Crippen LogP contribution in [0.3, 0.4) is 0 Å². The molecule has 0 bridgehead atoms. The number of hydrogen-bond donors (Lipinski definition) is 2. The van der Waals surface area contributed by atoms with E-state index in [0.717, 1.165) is 31.9 Å². The number of hydrogen-bond acceptors (Lipinski definition) is 3. The first-order valence-corrected chi connectivity index (χ1v) is 11.1. The van der Waals surface area contributed by atoms with Crippen LogP contribution in [0.25, 0.3) is 0 Å². The van der Waals surface area contributed by atoms with Crippen LogP contribution in [0.5, 0.6) is 0 Å². The Morgan fingerprint density at radius 2 is 1.81 bits per heavy atom. The summed E-state index contributed by atoms with van der Waals surface area (Å²) in [6.07, 6.45) is 2.67. The predicted molar refractivity (Wildman–Crippen MR) is 140 cm³/mol. The van der Waals surface area contributed by atoms with Crippen LogP contribution in [0.4, 0.5) is 0 Å². The van der Waals surface area contributed by atoms with Gasteiger partial charge in [-0.2, -0.15) is 0 Å². The number of likely N-dealkylation sites (tertiary alicyclic amines) is 1. The van der Waals surface area contributed by atoms with Crippen LogP contribution in [0.2, 0.25) is 0 Å². The molecule has 6 nitrogen and oxygen atoms in total. The van der Waals surface area contributed by atoms with Crippen LogP contribution in [0.1, 0.15) is 49.0 Å². The van der Waals surface area contributed by atoms with Crippen molar-refractivity contribution < 1.29 is 9.53 Å². The molecule has 1 unspecified atom stereocenters. The molecular formula is C25H35IN4O2. The van der Waals surface area contributed by atoms with Gasteiger partial charge >= 0.3 is 0 Å². The highest BCUT2D eigenvalue weighted by molar-refractivity contribution is 14.0. The third-order valence-corrected chi connectivity index (χ3v) is 5.50.